The lowest BCUT2D eigenvalue weighted by atomic mass is 9.97. The molecule has 0 aromatic carbocycles. The number of carbonyl (C=O) groups excluding carboxylic acids is 1. The predicted molar refractivity (Wildman–Crippen MR) is 83.5 cm³/mol. The first kappa shape index (κ1) is 20.3. The van der Waals surface area contributed by atoms with Crippen LogP contribution in [-0.4, -0.2) is 77.1 Å². The largest absolute Gasteiger partial charge is 0.468 e. The first-order chi connectivity index (χ1) is 10.0. The Morgan fingerprint density at radius 2 is 1.76 bits per heavy atom. The summed E-state index contributed by atoms with van der Waals surface area (Å²) < 4.78 is 15.2. The highest BCUT2D eigenvalue weighted by Gasteiger charge is 2.33. The van der Waals surface area contributed by atoms with Gasteiger partial charge in [-0.15, -0.1) is 0 Å². The van der Waals surface area contributed by atoms with Gasteiger partial charge in [-0.2, -0.15) is 0 Å². The van der Waals surface area contributed by atoms with Gasteiger partial charge in [0.25, 0.3) is 0 Å². The Morgan fingerprint density at radius 1 is 1.10 bits per heavy atom. The lowest BCUT2D eigenvalue weighted by molar-refractivity contribution is -0.148. The summed E-state index contributed by atoms with van der Waals surface area (Å²) in [5, 5.41) is 3.23. The molecular formula is C15H32N2O4. The number of likely N-dealkylation sites (N-methyl/N-ethyl adjacent to an activating group) is 1. The van der Waals surface area contributed by atoms with Gasteiger partial charge in [0.15, 0.2) is 0 Å². The summed E-state index contributed by atoms with van der Waals surface area (Å²) in [5.41, 5.74) is -0.643. The van der Waals surface area contributed by atoms with E-state index >= 15 is 0 Å². The Balaban J connectivity index is 4.47. The Labute approximate surface area is 129 Å². The SMILES string of the molecule is CCNC(C)(CCN(CCCOC)CCOC)C(=O)OC. The highest BCUT2D eigenvalue weighted by atomic mass is 16.5. The molecule has 0 heterocycles. The molecule has 0 bridgehead atoms. The van der Waals surface area contributed by atoms with Crippen molar-refractivity contribution in [2.75, 3.05) is 60.7 Å². The zero-order valence-corrected chi connectivity index (χ0v) is 14.2. The molecule has 0 amide bonds. The second kappa shape index (κ2) is 11.9. The molecule has 0 fully saturated rings. The van der Waals surface area contributed by atoms with E-state index in [1.807, 2.05) is 13.8 Å². The Kier molecular flexibility index (Phi) is 11.5. The average molecular weight is 304 g/mol. The molecule has 0 spiro atoms. The Bertz CT molecular complexity index is 276. The van der Waals surface area contributed by atoms with E-state index in [0.717, 1.165) is 39.2 Å². The standard InChI is InChI=1S/C15H32N2O4/c1-6-16-15(2,14(18)21-5)8-10-17(11-13-20-4)9-7-12-19-3/h16H,6-13H2,1-5H3. The third kappa shape index (κ3) is 8.36. The van der Waals surface area contributed by atoms with Crippen LogP contribution in [0.5, 0.6) is 0 Å². The molecule has 0 saturated carbocycles. The van der Waals surface area contributed by atoms with Crippen molar-refractivity contribution in [2.24, 2.45) is 0 Å². The van der Waals surface area contributed by atoms with Gasteiger partial charge in [0, 0.05) is 40.5 Å². The number of hydrogen-bond donors (Lipinski definition) is 1. The molecule has 1 N–H and O–H groups in total. The topological polar surface area (TPSA) is 60.0 Å². The predicted octanol–water partition coefficient (Wildman–Crippen LogP) is 0.903. The molecule has 0 saturated heterocycles. The minimum absolute atomic E-state index is 0.215. The fraction of sp³-hybridized carbons (Fsp3) is 0.933. The average Bonchev–Trinajstić information content (AvgIpc) is 2.49. The van der Waals surface area contributed by atoms with Crippen LogP contribution < -0.4 is 5.32 Å². The van der Waals surface area contributed by atoms with E-state index in [2.05, 4.69) is 10.2 Å². The molecule has 21 heavy (non-hydrogen) atoms. The summed E-state index contributed by atoms with van der Waals surface area (Å²) >= 11 is 0. The van der Waals surface area contributed by atoms with Gasteiger partial charge in [-0.25, -0.2) is 0 Å². The van der Waals surface area contributed by atoms with Crippen molar-refractivity contribution in [1.82, 2.24) is 10.2 Å². The van der Waals surface area contributed by atoms with Crippen LogP contribution in [0.2, 0.25) is 0 Å². The lowest BCUT2D eigenvalue weighted by Crippen LogP contribution is -2.52. The van der Waals surface area contributed by atoms with Crippen LogP contribution in [0.4, 0.5) is 0 Å². The summed E-state index contributed by atoms with van der Waals surface area (Å²) in [6.45, 7) is 8.63. The first-order valence-corrected chi connectivity index (χ1v) is 7.57. The molecule has 1 atom stereocenters. The van der Waals surface area contributed by atoms with Crippen molar-refractivity contribution in [1.29, 1.82) is 0 Å². The molecule has 0 aliphatic heterocycles. The molecule has 6 heteroatoms. The molecule has 0 aliphatic carbocycles. The van der Waals surface area contributed by atoms with Crippen molar-refractivity contribution in [3.63, 3.8) is 0 Å². The van der Waals surface area contributed by atoms with Gasteiger partial charge in [-0.1, -0.05) is 6.92 Å². The fourth-order valence-corrected chi connectivity index (χ4v) is 2.25. The van der Waals surface area contributed by atoms with Crippen molar-refractivity contribution >= 4 is 5.97 Å². The number of esters is 1. The lowest BCUT2D eigenvalue weighted by Gasteiger charge is -2.31. The van der Waals surface area contributed by atoms with Gasteiger partial charge >= 0.3 is 5.97 Å². The molecule has 1 unspecified atom stereocenters. The molecule has 0 aromatic rings. The Morgan fingerprint density at radius 3 is 2.29 bits per heavy atom. The summed E-state index contributed by atoms with van der Waals surface area (Å²) in [4.78, 5) is 14.3. The van der Waals surface area contributed by atoms with Crippen LogP contribution in [0.3, 0.4) is 0 Å². The minimum atomic E-state index is -0.643. The van der Waals surface area contributed by atoms with Gasteiger partial charge in [0.2, 0.25) is 0 Å². The van der Waals surface area contributed by atoms with Crippen LogP contribution in [0, 0.1) is 0 Å². The van der Waals surface area contributed by atoms with E-state index in [4.69, 9.17) is 14.2 Å². The van der Waals surface area contributed by atoms with E-state index in [1.165, 1.54) is 7.11 Å². The van der Waals surface area contributed by atoms with Crippen molar-refractivity contribution < 1.29 is 19.0 Å². The van der Waals surface area contributed by atoms with E-state index in [-0.39, 0.29) is 5.97 Å². The molecule has 126 valence electrons. The van der Waals surface area contributed by atoms with Gasteiger partial charge in [0.05, 0.1) is 13.7 Å². The molecular weight excluding hydrogens is 272 g/mol. The van der Waals surface area contributed by atoms with Crippen LogP contribution in [0.1, 0.15) is 26.7 Å². The quantitative estimate of drug-likeness (QED) is 0.403. The number of ether oxygens (including phenoxy) is 3. The monoisotopic (exact) mass is 304 g/mol. The zero-order chi connectivity index (χ0) is 16.1. The van der Waals surface area contributed by atoms with Crippen LogP contribution in [0.25, 0.3) is 0 Å². The summed E-state index contributed by atoms with van der Waals surface area (Å²) in [5.74, 6) is -0.215. The second-order valence-corrected chi connectivity index (χ2v) is 5.28. The van der Waals surface area contributed by atoms with Crippen molar-refractivity contribution in [3.8, 4) is 0 Å². The molecule has 0 radical (unpaired) electrons. The molecule has 0 rings (SSSR count). The molecule has 6 nitrogen and oxygen atoms in total. The normalized spacial score (nSPS) is 14.2. The van der Waals surface area contributed by atoms with E-state index in [0.29, 0.717) is 13.0 Å². The first-order valence-electron chi connectivity index (χ1n) is 7.57. The third-order valence-electron chi connectivity index (χ3n) is 3.57. The summed E-state index contributed by atoms with van der Waals surface area (Å²) in [6.07, 6.45) is 1.67. The highest BCUT2D eigenvalue weighted by Crippen LogP contribution is 2.13. The van der Waals surface area contributed by atoms with Gasteiger partial charge in [-0.3, -0.25) is 4.79 Å². The highest BCUT2D eigenvalue weighted by molar-refractivity contribution is 5.80. The number of rotatable bonds is 13. The smallest absolute Gasteiger partial charge is 0.325 e. The van der Waals surface area contributed by atoms with E-state index in [9.17, 15) is 4.79 Å². The summed E-state index contributed by atoms with van der Waals surface area (Å²) in [7, 11) is 4.84. The zero-order valence-electron chi connectivity index (χ0n) is 14.2. The second-order valence-electron chi connectivity index (χ2n) is 5.28. The number of hydrogen-bond acceptors (Lipinski definition) is 6. The maximum Gasteiger partial charge on any atom is 0.325 e. The molecule has 0 aliphatic rings. The van der Waals surface area contributed by atoms with E-state index in [1.54, 1.807) is 14.2 Å². The van der Waals surface area contributed by atoms with Crippen LogP contribution in [-0.2, 0) is 19.0 Å². The van der Waals surface area contributed by atoms with E-state index < -0.39 is 5.54 Å². The van der Waals surface area contributed by atoms with Crippen LogP contribution >= 0.6 is 0 Å². The summed E-state index contributed by atoms with van der Waals surface area (Å²) in [6, 6.07) is 0. The third-order valence-corrected chi connectivity index (χ3v) is 3.57. The van der Waals surface area contributed by atoms with Crippen molar-refractivity contribution in [2.45, 2.75) is 32.2 Å². The number of carbonyl (C=O) groups is 1. The fourth-order valence-electron chi connectivity index (χ4n) is 2.25. The minimum Gasteiger partial charge on any atom is -0.468 e. The molecule has 0 aromatic heterocycles. The van der Waals surface area contributed by atoms with Crippen LogP contribution in [0.15, 0.2) is 0 Å². The van der Waals surface area contributed by atoms with Crippen molar-refractivity contribution in [3.05, 3.63) is 0 Å². The maximum absolute atomic E-state index is 12.0. The van der Waals surface area contributed by atoms with Gasteiger partial charge < -0.3 is 24.4 Å². The van der Waals surface area contributed by atoms with Gasteiger partial charge in [-0.05, 0) is 26.3 Å². The Hall–Kier alpha value is -0.690. The number of methoxy groups -OCH3 is 3. The number of nitrogens with zero attached hydrogens (tertiary/aromatic N) is 1. The van der Waals surface area contributed by atoms with Gasteiger partial charge in [0.1, 0.15) is 5.54 Å². The maximum atomic E-state index is 12.0. The number of nitrogens with one attached hydrogen (secondary N) is 1.